The van der Waals surface area contributed by atoms with Crippen molar-refractivity contribution < 1.29 is 9.53 Å². The van der Waals surface area contributed by atoms with E-state index in [1.807, 2.05) is 0 Å². The summed E-state index contributed by atoms with van der Waals surface area (Å²) in [6.07, 6.45) is -0.308. The Balaban J connectivity index is 2.27. The molecule has 1 unspecified atom stereocenters. The van der Waals surface area contributed by atoms with E-state index < -0.39 is 0 Å². The molecule has 100 valence electrons. The number of morpholine rings is 1. The quantitative estimate of drug-likeness (QED) is 0.679. The summed E-state index contributed by atoms with van der Waals surface area (Å²) in [5, 5.41) is 6.19. The Bertz CT molecular complexity index is 236. The van der Waals surface area contributed by atoms with Crippen molar-refractivity contribution in [1.82, 2.24) is 15.5 Å². The van der Waals surface area contributed by atoms with E-state index in [0.29, 0.717) is 25.7 Å². The number of hydrogen-bond donors (Lipinski definition) is 2. The maximum absolute atomic E-state index is 11.9. The van der Waals surface area contributed by atoms with Gasteiger partial charge < -0.3 is 15.4 Å². The highest BCUT2D eigenvalue weighted by Gasteiger charge is 2.25. The molecule has 5 nitrogen and oxygen atoms in total. The van der Waals surface area contributed by atoms with Crippen molar-refractivity contribution in [1.29, 1.82) is 0 Å². The van der Waals surface area contributed by atoms with Crippen molar-refractivity contribution in [3.05, 3.63) is 0 Å². The smallest absolute Gasteiger partial charge is 0.250 e. The van der Waals surface area contributed by atoms with Gasteiger partial charge in [0.25, 0.3) is 5.91 Å². The summed E-state index contributed by atoms with van der Waals surface area (Å²) >= 11 is 0. The van der Waals surface area contributed by atoms with E-state index in [-0.39, 0.29) is 12.0 Å². The molecule has 1 saturated heterocycles. The molecule has 0 saturated carbocycles. The predicted molar refractivity (Wildman–Crippen MR) is 68.0 cm³/mol. The molecule has 1 rings (SSSR count). The molecule has 0 bridgehead atoms. The first-order chi connectivity index (χ1) is 8.17. The zero-order valence-electron chi connectivity index (χ0n) is 11.2. The second-order valence-corrected chi connectivity index (χ2v) is 4.46. The molecule has 17 heavy (non-hydrogen) atoms. The number of nitrogens with one attached hydrogen (secondary N) is 2. The summed E-state index contributed by atoms with van der Waals surface area (Å²) in [6, 6.07) is 0.301. The number of ether oxygens (including phenoxy) is 1. The first-order valence-electron chi connectivity index (χ1n) is 6.52. The van der Waals surface area contributed by atoms with Crippen molar-refractivity contribution in [3.63, 3.8) is 0 Å². The van der Waals surface area contributed by atoms with Crippen molar-refractivity contribution in [3.8, 4) is 0 Å². The predicted octanol–water partition coefficient (Wildman–Crippen LogP) is -0.179. The minimum Gasteiger partial charge on any atom is -0.366 e. The van der Waals surface area contributed by atoms with Crippen LogP contribution in [0.2, 0.25) is 0 Å². The van der Waals surface area contributed by atoms with Crippen molar-refractivity contribution in [2.75, 3.05) is 39.3 Å². The largest absolute Gasteiger partial charge is 0.366 e. The van der Waals surface area contributed by atoms with E-state index in [2.05, 4.69) is 36.3 Å². The zero-order valence-corrected chi connectivity index (χ0v) is 11.2. The second kappa shape index (κ2) is 7.63. The number of carbonyl (C=O) groups is 1. The molecule has 1 amide bonds. The maximum atomic E-state index is 11.9. The highest BCUT2D eigenvalue weighted by molar-refractivity contribution is 5.81. The number of rotatable bonds is 6. The Labute approximate surface area is 104 Å². The van der Waals surface area contributed by atoms with E-state index >= 15 is 0 Å². The summed E-state index contributed by atoms with van der Waals surface area (Å²) in [7, 11) is 0. The molecular weight excluding hydrogens is 218 g/mol. The van der Waals surface area contributed by atoms with Crippen LogP contribution in [0, 0.1) is 0 Å². The molecule has 5 heteroatoms. The summed E-state index contributed by atoms with van der Waals surface area (Å²) in [5.41, 5.74) is 0. The molecule has 1 aliphatic heterocycles. The topological polar surface area (TPSA) is 53.6 Å². The monoisotopic (exact) mass is 243 g/mol. The number of nitrogens with zero attached hydrogens (tertiary/aromatic N) is 1. The van der Waals surface area contributed by atoms with Crippen molar-refractivity contribution in [2.24, 2.45) is 0 Å². The van der Waals surface area contributed by atoms with Crippen LogP contribution in [0.1, 0.15) is 20.8 Å². The number of hydrogen-bond acceptors (Lipinski definition) is 4. The van der Waals surface area contributed by atoms with Gasteiger partial charge in [0, 0.05) is 25.7 Å². The lowest BCUT2D eigenvalue weighted by Crippen LogP contribution is -2.51. The molecule has 1 heterocycles. The molecule has 0 spiro atoms. The van der Waals surface area contributed by atoms with Crippen molar-refractivity contribution in [2.45, 2.75) is 32.9 Å². The van der Waals surface area contributed by atoms with Crippen LogP contribution >= 0.6 is 0 Å². The fourth-order valence-corrected chi connectivity index (χ4v) is 1.94. The first-order valence-corrected chi connectivity index (χ1v) is 6.52. The standard InChI is InChI=1S/C12H25N3O2/c1-4-13-10(3)8-14-12(16)11-9-15(5-2)6-7-17-11/h10-11,13H,4-9H2,1-3H3,(H,14,16)/t10-,11?/m1/s1. The Hall–Kier alpha value is -0.650. The van der Waals surface area contributed by atoms with Crippen LogP contribution in [-0.4, -0.2) is 62.3 Å². The molecule has 2 N–H and O–H groups in total. The molecule has 0 radical (unpaired) electrons. The minimum absolute atomic E-state index is 0.00732. The molecule has 2 atom stereocenters. The Morgan fingerprint density at radius 3 is 2.94 bits per heavy atom. The molecule has 0 aliphatic carbocycles. The summed E-state index contributed by atoms with van der Waals surface area (Å²) in [6.45, 7) is 11.0. The van der Waals surface area contributed by atoms with Crippen LogP contribution in [0.3, 0.4) is 0 Å². The van der Waals surface area contributed by atoms with Gasteiger partial charge in [-0.3, -0.25) is 9.69 Å². The second-order valence-electron chi connectivity index (χ2n) is 4.46. The maximum Gasteiger partial charge on any atom is 0.250 e. The zero-order chi connectivity index (χ0) is 12.7. The van der Waals surface area contributed by atoms with Gasteiger partial charge in [0.1, 0.15) is 6.10 Å². The van der Waals surface area contributed by atoms with Gasteiger partial charge in [-0.25, -0.2) is 0 Å². The van der Waals surface area contributed by atoms with Gasteiger partial charge in [-0.2, -0.15) is 0 Å². The fraction of sp³-hybridized carbons (Fsp3) is 0.917. The van der Waals surface area contributed by atoms with Gasteiger partial charge >= 0.3 is 0 Å². The van der Waals surface area contributed by atoms with E-state index in [0.717, 1.165) is 19.6 Å². The van der Waals surface area contributed by atoms with Crippen LogP contribution in [0.4, 0.5) is 0 Å². The normalized spacial score (nSPS) is 23.4. The Morgan fingerprint density at radius 1 is 1.53 bits per heavy atom. The highest BCUT2D eigenvalue weighted by atomic mass is 16.5. The van der Waals surface area contributed by atoms with Crippen LogP contribution in [0.15, 0.2) is 0 Å². The first kappa shape index (κ1) is 14.4. The molecule has 0 aromatic carbocycles. The number of carbonyl (C=O) groups excluding carboxylic acids is 1. The molecule has 0 aromatic heterocycles. The van der Waals surface area contributed by atoms with Gasteiger partial charge in [0.05, 0.1) is 6.61 Å². The lowest BCUT2D eigenvalue weighted by molar-refractivity contribution is -0.138. The molecule has 1 fully saturated rings. The van der Waals surface area contributed by atoms with Gasteiger partial charge in [0.2, 0.25) is 0 Å². The van der Waals surface area contributed by atoms with Gasteiger partial charge in [0.15, 0.2) is 0 Å². The molecule has 0 aromatic rings. The molecule has 1 aliphatic rings. The van der Waals surface area contributed by atoms with Crippen molar-refractivity contribution >= 4 is 5.91 Å². The van der Waals surface area contributed by atoms with E-state index in [9.17, 15) is 4.79 Å². The highest BCUT2D eigenvalue weighted by Crippen LogP contribution is 2.04. The fourth-order valence-electron chi connectivity index (χ4n) is 1.94. The summed E-state index contributed by atoms with van der Waals surface area (Å²) in [4.78, 5) is 14.1. The van der Waals surface area contributed by atoms with Crippen LogP contribution in [0.25, 0.3) is 0 Å². The van der Waals surface area contributed by atoms with E-state index in [4.69, 9.17) is 4.74 Å². The van der Waals surface area contributed by atoms with Crippen LogP contribution in [0.5, 0.6) is 0 Å². The number of amides is 1. The van der Waals surface area contributed by atoms with Gasteiger partial charge in [-0.05, 0) is 20.0 Å². The third kappa shape index (κ3) is 5.02. The SMILES string of the molecule is CCN[C@H](C)CNC(=O)C1CN(CC)CCO1. The summed E-state index contributed by atoms with van der Waals surface area (Å²) < 4.78 is 5.49. The third-order valence-electron chi connectivity index (χ3n) is 3.03. The Morgan fingerprint density at radius 2 is 2.29 bits per heavy atom. The third-order valence-corrected chi connectivity index (χ3v) is 3.03. The minimum atomic E-state index is -0.308. The molecular formula is C12H25N3O2. The van der Waals surface area contributed by atoms with Gasteiger partial charge in [-0.1, -0.05) is 13.8 Å². The van der Waals surface area contributed by atoms with E-state index in [1.165, 1.54) is 0 Å². The lowest BCUT2D eigenvalue weighted by atomic mass is 10.2. The Kier molecular flexibility index (Phi) is 6.47. The average Bonchev–Trinajstić information content (AvgIpc) is 2.36. The van der Waals surface area contributed by atoms with Crippen LogP contribution in [-0.2, 0) is 9.53 Å². The van der Waals surface area contributed by atoms with E-state index in [1.54, 1.807) is 0 Å². The number of likely N-dealkylation sites (N-methyl/N-ethyl adjacent to an activating group) is 2. The summed E-state index contributed by atoms with van der Waals surface area (Å²) in [5.74, 6) is 0.00732. The lowest BCUT2D eigenvalue weighted by Gasteiger charge is -2.31. The van der Waals surface area contributed by atoms with Gasteiger partial charge in [-0.15, -0.1) is 0 Å². The average molecular weight is 243 g/mol. The van der Waals surface area contributed by atoms with Crippen LogP contribution < -0.4 is 10.6 Å².